The molecule has 1 saturated carbocycles. The van der Waals surface area contributed by atoms with E-state index in [-0.39, 0.29) is 0 Å². The number of hydrogen-bond donors (Lipinski definition) is 2. The number of amides is 1. The molecule has 0 atom stereocenters. The van der Waals surface area contributed by atoms with Gasteiger partial charge in [-0.3, -0.25) is 14.7 Å². The van der Waals surface area contributed by atoms with Crippen molar-refractivity contribution in [2.75, 3.05) is 66.0 Å². The summed E-state index contributed by atoms with van der Waals surface area (Å²) < 4.78 is 0. The van der Waals surface area contributed by atoms with Crippen LogP contribution in [0, 0.1) is 5.92 Å². The van der Waals surface area contributed by atoms with E-state index in [1.807, 2.05) is 7.05 Å². The largest absolute Gasteiger partial charge is 0.355 e. The van der Waals surface area contributed by atoms with Crippen LogP contribution in [-0.2, 0) is 4.79 Å². The summed E-state index contributed by atoms with van der Waals surface area (Å²) in [7, 11) is 1.86. The summed E-state index contributed by atoms with van der Waals surface area (Å²) in [5.74, 6) is 1.65. The van der Waals surface area contributed by atoms with Crippen LogP contribution < -0.4 is 10.6 Å². The summed E-state index contributed by atoms with van der Waals surface area (Å²) in [6.45, 7) is 11.5. The van der Waals surface area contributed by atoms with Gasteiger partial charge in [-0.15, -0.1) is 0 Å². The molecular formula is C22H42N6O. The first-order chi connectivity index (χ1) is 14.2. The first-order valence-electron chi connectivity index (χ1n) is 11.9. The van der Waals surface area contributed by atoms with Crippen LogP contribution in [0.4, 0.5) is 0 Å². The van der Waals surface area contributed by atoms with Gasteiger partial charge in [0.2, 0.25) is 5.91 Å². The smallest absolute Gasteiger partial charge is 0.225 e. The van der Waals surface area contributed by atoms with Crippen molar-refractivity contribution in [3.63, 3.8) is 0 Å². The van der Waals surface area contributed by atoms with Gasteiger partial charge >= 0.3 is 0 Å². The number of piperazine rings is 1. The van der Waals surface area contributed by atoms with Crippen molar-refractivity contribution in [1.82, 2.24) is 25.3 Å². The summed E-state index contributed by atoms with van der Waals surface area (Å²) in [5, 5.41) is 7.08. The van der Waals surface area contributed by atoms with E-state index in [2.05, 4.69) is 37.2 Å². The van der Waals surface area contributed by atoms with Crippen LogP contribution in [0.25, 0.3) is 0 Å². The van der Waals surface area contributed by atoms with Gasteiger partial charge in [-0.1, -0.05) is 19.8 Å². The molecule has 2 heterocycles. The summed E-state index contributed by atoms with van der Waals surface area (Å²) >= 11 is 0. The van der Waals surface area contributed by atoms with Gasteiger partial charge in [0.05, 0.1) is 0 Å². The number of carbonyl (C=O) groups is 1. The molecule has 0 aromatic rings. The number of nitrogens with one attached hydrogen (secondary N) is 2. The lowest BCUT2D eigenvalue weighted by Crippen LogP contribution is -2.53. The first kappa shape index (κ1) is 22.3. The van der Waals surface area contributed by atoms with Crippen LogP contribution in [0.3, 0.4) is 0 Å². The Balaban J connectivity index is 1.29. The van der Waals surface area contributed by atoms with Crippen molar-refractivity contribution in [1.29, 1.82) is 0 Å². The third kappa shape index (κ3) is 6.85. The molecule has 0 radical (unpaired) electrons. The third-order valence-electron chi connectivity index (χ3n) is 6.80. The Kier molecular flexibility index (Phi) is 9.05. The fourth-order valence-electron chi connectivity index (χ4n) is 4.96. The van der Waals surface area contributed by atoms with Crippen molar-refractivity contribution in [3.8, 4) is 0 Å². The van der Waals surface area contributed by atoms with Crippen molar-refractivity contribution in [2.24, 2.45) is 10.9 Å². The third-order valence-corrected chi connectivity index (χ3v) is 6.80. The molecule has 0 unspecified atom stereocenters. The molecule has 2 N–H and O–H groups in total. The summed E-state index contributed by atoms with van der Waals surface area (Å²) in [4.78, 5) is 24.1. The molecule has 0 aromatic carbocycles. The van der Waals surface area contributed by atoms with E-state index in [0.717, 1.165) is 58.1 Å². The van der Waals surface area contributed by atoms with Crippen molar-refractivity contribution in [2.45, 2.75) is 57.9 Å². The van der Waals surface area contributed by atoms with E-state index in [9.17, 15) is 4.79 Å². The minimum absolute atomic E-state index is 0.312. The van der Waals surface area contributed by atoms with Gasteiger partial charge in [0, 0.05) is 71.4 Å². The van der Waals surface area contributed by atoms with E-state index in [4.69, 9.17) is 0 Å². The molecule has 7 nitrogen and oxygen atoms in total. The average Bonchev–Trinajstić information content (AvgIpc) is 3.29. The number of guanidine groups is 1. The molecule has 1 amide bonds. The molecule has 0 spiro atoms. The summed E-state index contributed by atoms with van der Waals surface area (Å²) in [5.41, 5.74) is 0. The van der Waals surface area contributed by atoms with Gasteiger partial charge in [-0.25, -0.2) is 0 Å². The Bertz CT molecular complexity index is 517. The van der Waals surface area contributed by atoms with Crippen LogP contribution >= 0.6 is 0 Å². The Morgan fingerprint density at radius 1 is 0.931 bits per heavy atom. The van der Waals surface area contributed by atoms with Crippen LogP contribution in [-0.4, -0.2) is 98.6 Å². The molecule has 1 aliphatic carbocycles. The van der Waals surface area contributed by atoms with Crippen molar-refractivity contribution >= 4 is 11.9 Å². The Hall–Kier alpha value is -1.34. The number of carbonyl (C=O) groups excluding carboxylic acids is 1. The second-order valence-corrected chi connectivity index (χ2v) is 8.91. The van der Waals surface area contributed by atoms with E-state index in [1.165, 1.54) is 51.7 Å². The van der Waals surface area contributed by atoms with Crippen LogP contribution in [0.1, 0.15) is 51.9 Å². The van der Waals surface area contributed by atoms with Gasteiger partial charge < -0.3 is 20.4 Å². The van der Waals surface area contributed by atoms with Gasteiger partial charge in [0.1, 0.15) is 0 Å². The number of nitrogens with zero attached hydrogens (tertiary/aromatic N) is 4. The number of aliphatic imine (C=N–C) groups is 1. The lowest BCUT2D eigenvalue weighted by Gasteiger charge is -2.36. The quantitative estimate of drug-likeness (QED) is 0.494. The van der Waals surface area contributed by atoms with Crippen molar-refractivity contribution in [3.05, 3.63) is 0 Å². The second kappa shape index (κ2) is 11.7. The molecule has 7 heteroatoms. The average molecular weight is 407 g/mol. The molecule has 166 valence electrons. The number of likely N-dealkylation sites (tertiary alicyclic amines) is 1. The molecule has 29 heavy (non-hydrogen) atoms. The maximum atomic E-state index is 12.6. The molecular weight excluding hydrogens is 364 g/mol. The zero-order valence-corrected chi connectivity index (χ0v) is 18.7. The fourth-order valence-corrected chi connectivity index (χ4v) is 4.96. The highest BCUT2D eigenvalue weighted by molar-refractivity contribution is 5.80. The van der Waals surface area contributed by atoms with E-state index in [1.54, 1.807) is 0 Å². The van der Waals surface area contributed by atoms with Gasteiger partial charge in [-0.05, 0) is 38.6 Å². The lowest BCUT2D eigenvalue weighted by molar-refractivity contribution is -0.137. The monoisotopic (exact) mass is 406 g/mol. The Morgan fingerprint density at radius 3 is 2.21 bits per heavy atom. The molecule has 3 fully saturated rings. The highest BCUT2D eigenvalue weighted by atomic mass is 16.2. The lowest BCUT2D eigenvalue weighted by atomic mass is 10.1. The minimum atomic E-state index is 0.312. The highest BCUT2D eigenvalue weighted by Gasteiger charge is 2.29. The molecule has 3 rings (SSSR count). The highest BCUT2D eigenvalue weighted by Crippen LogP contribution is 2.26. The van der Waals surface area contributed by atoms with Crippen LogP contribution in [0.5, 0.6) is 0 Å². The van der Waals surface area contributed by atoms with E-state index in [0.29, 0.717) is 17.9 Å². The Morgan fingerprint density at radius 2 is 1.59 bits per heavy atom. The zero-order chi connectivity index (χ0) is 20.5. The standard InChI is InChI=1S/C22H42N6O/c1-3-11-26-12-8-20(9-13-26)25-22(23-2)24-10-14-27-15-17-28(18-16-27)21(29)19-6-4-5-7-19/h19-20H,3-18H2,1-2H3,(H2,23,24,25). The van der Waals surface area contributed by atoms with Gasteiger partial charge in [-0.2, -0.15) is 0 Å². The van der Waals surface area contributed by atoms with E-state index >= 15 is 0 Å². The second-order valence-electron chi connectivity index (χ2n) is 8.91. The molecule has 3 aliphatic rings. The molecule has 2 saturated heterocycles. The van der Waals surface area contributed by atoms with E-state index < -0.39 is 0 Å². The van der Waals surface area contributed by atoms with Gasteiger partial charge in [0.25, 0.3) is 0 Å². The molecule has 0 aromatic heterocycles. The van der Waals surface area contributed by atoms with Gasteiger partial charge in [0.15, 0.2) is 5.96 Å². The topological polar surface area (TPSA) is 63.2 Å². The predicted octanol–water partition coefficient (Wildman–Crippen LogP) is 1.36. The van der Waals surface area contributed by atoms with Crippen molar-refractivity contribution < 1.29 is 4.79 Å². The zero-order valence-electron chi connectivity index (χ0n) is 18.7. The predicted molar refractivity (Wildman–Crippen MR) is 119 cm³/mol. The molecule has 0 bridgehead atoms. The number of rotatable bonds is 7. The SMILES string of the molecule is CCCN1CCC(NC(=NC)NCCN2CCN(C(=O)C3CCCC3)CC2)CC1. The van der Waals surface area contributed by atoms with Crippen LogP contribution in [0.15, 0.2) is 4.99 Å². The first-order valence-corrected chi connectivity index (χ1v) is 11.9. The number of piperidine rings is 1. The normalized spacial score (nSPS) is 23.5. The maximum Gasteiger partial charge on any atom is 0.225 e. The Labute approximate surface area is 177 Å². The molecule has 2 aliphatic heterocycles. The summed E-state index contributed by atoms with van der Waals surface area (Å²) in [6.07, 6.45) is 8.30. The minimum Gasteiger partial charge on any atom is -0.355 e. The van der Waals surface area contributed by atoms with Crippen LogP contribution in [0.2, 0.25) is 0 Å². The maximum absolute atomic E-state index is 12.6. The summed E-state index contributed by atoms with van der Waals surface area (Å²) in [6, 6.07) is 0.527. The fraction of sp³-hybridized carbons (Fsp3) is 0.909. The number of hydrogen-bond acceptors (Lipinski definition) is 4.